The first-order valence-electron chi connectivity index (χ1n) is 7.47. The molecule has 0 spiro atoms. The first-order chi connectivity index (χ1) is 10.1. The smallest absolute Gasteiger partial charge is 0.269 e. The summed E-state index contributed by atoms with van der Waals surface area (Å²) in [7, 11) is 0. The third kappa shape index (κ3) is 4.41. The van der Waals surface area contributed by atoms with Gasteiger partial charge in [-0.3, -0.25) is 15.5 Å². The number of nitrogens with one attached hydrogen (secondary N) is 1. The molecule has 0 aliphatic carbocycles. The Labute approximate surface area is 125 Å². The molecule has 0 amide bonds. The van der Waals surface area contributed by atoms with Gasteiger partial charge in [0, 0.05) is 30.8 Å². The van der Waals surface area contributed by atoms with Gasteiger partial charge in [-0.2, -0.15) is 0 Å². The van der Waals surface area contributed by atoms with E-state index in [0.717, 1.165) is 6.54 Å². The number of non-ortho nitro benzene ring substituents is 1. The minimum Gasteiger partial charge on any atom is -0.492 e. The molecule has 6 heteroatoms. The van der Waals surface area contributed by atoms with Crippen LogP contribution in [0.2, 0.25) is 0 Å². The van der Waals surface area contributed by atoms with E-state index in [4.69, 9.17) is 4.74 Å². The van der Waals surface area contributed by atoms with E-state index < -0.39 is 4.92 Å². The number of piperidine rings is 1. The van der Waals surface area contributed by atoms with Crippen LogP contribution in [0.25, 0.3) is 0 Å². The van der Waals surface area contributed by atoms with Gasteiger partial charge in [-0.15, -0.1) is 0 Å². The first kappa shape index (κ1) is 15.7. The minimum absolute atomic E-state index is 0.0800. The van der Waals surface area contributed by atoms with Crippen molar-refractivity contribution in [2.45, 2.75) is 45.2 Å². The fourth-order valence-corrected chi connectivity index (χ4v) is 2.74. The quantitative estimate of drug-likeness (QED) is 0.496. The molecule has 1 fully saturated rings. The highest BCUT2D eigenvalue weighted by Crippen LogP contribution is 2.20. The van der Waals surface area contributed by atoms with Crippen molar-refractivity contribution in [2.24, 2.45) is 0 Å². The van der Waals surface area contributed by atoms with Gasteiger partial charge in [0.25, 0.3) is 5.69 Å². The standard InChI is InChI=1S/C15H23N3O3/c1-12-4-3-5-13(2)17(12)16-10-11-21-15-8-6-14(7-9-15)18(19)20/h6-9,12-13,16H,3-5,10-11H2,1-2H3. The van der Waals surface area contributed by atoms with Gasteiger partial charge >= 0.3 is 0 Å². The van der Waals surface area contributed by atoms with Crippen LogP contribution in [0.3, 0.4) is 0 Å². The van der Waals surface area contributed by atoms with Crippen LogP contribution in [0.5, 0.6) is 5.75 Å². The summed E-state index contributed by atoms with van der Waals surface area (Å²) < 4.78 is 5.59. The molecule has 1 saturated heterocycles. The predicted molar refractivity (Wildman–Crippen MR) is 81.2 cm³/mol. The fourth-order valence-electron chi connectivity index (χ4n) is 2.74. The topological polar surface area (TPSA) is 67.6 Å². The summed E-state index contributed by atoms with van der Waals surface area (Å²) in [4.78, 5) is 10.1. The third-order valence-electron chi connectivity index (χ3n) is 3.91. The Morgan fingerprint density at radius 2 is 1.90 bits per heavy atom. The molecule has 6 nitrogen and oxygen atoms in total. The second-order valence-electron chi connectivity index (χ2n) is 5.54. The third-order valence-corrected chi connectivity index (χ3v) is 3.91. The largest absolute Gasteiger partial charge is 0.492 e. The Kier molecular flexibility index (Phi) is 5.52. The molecule has 0 bridgehead atoms. The molecule has 21 heavy (non-hydrogen) atoms. The summed E-state index contributed by atoms with van der Waals surface area (Å²) in [5.41, 5.74) is 3.50. The monoisotopic (exact) mass is 293 g/mol. The van der Waals surface area contributed by atoms with E-state index in [-0.39, 0.29) is 5.69 Å². The van der Waals surface area contributed by atoms with Gasteiger partial charge < -0.3 is 4.74 Å². The Bertz CT molecular complexity index is 454. The number of hydrazine groups is 1. The van der Waals surface area contributed by atoms with E-state index in [0.29, 0.717) is 24.4 Å². The first-order valence-corrected chi connectivity index (χ1v) is 7.47. The SMILES string of the molecule is CC1CCCC(C)N1NCCOc1ccc([N+](=O)[O-])cc1. The number of benzene rings is 1. The maximum absolute atomic E-state index is 10.6. The number of rotatable bonds is 6. The van der Waals surface area contributed by atoms with Gasteiger partial charge in [-0.25, -0.2) is 5.01 Å². The molecule has 1 aromatic carbocycles. The van der Waals surface area contributed by atoms with Crippen molar-refractivity contribution >= 4 is 5.69 Å². The molecule has 1 aliphatic rings. The maximum atomic E-state index is 10.6. The van der Waals surface area contributed by atoms with Gasteiger partial charge in [0.15, 0.2) is 0 Å². The molecule has 1 aromatic rings. The number of hydrogen-bond donors (Lipinski definition) is 1. The molecule has 1 N–H and O–H groups in total. The van der Waals surface area contributed by atoms with E-state index in [2.05, 4.69) is 24.3 Å². The Morgan fingerprint density at radius 1 is 1.29 bits per heavy atom. The van der Waals surface area contributed by atoms with Crippen molar-refractivity contribution in [3.63, 3.8) is 0 Å². The normalized spacial score (nSPS) is 23.0. The van der Waals surface area contributed by atoms with Crippen LogP contribution in [0.4, 0.5) is 5.69 Å². The molecule has 0 radical (unpaired) electrons. The summed E-state index contributed by atoms with van der Waals surface area (Å²) in [6, 6.07) is 7.27. The van der Waals surface area contributed by atoms with E-state index in [1.54, 1.807) is 12.1 Å². The number of hydrogen-bond acceptors (Lipinski definition) is 5. The zero-order chi connectivity index (χ0) is 15.2. The zero-order valence-corrected chi connectivity index (χ0v) is 12.6. The summed E-state index contributed by atoms with van der Waals surface area (Å²) in [5.74, 6) is 0.655. The van der Waals surface area contributed by atoms with Crippen LogP contribution in [0.15, 0.2) is 24.3 Å². The molecule has 0 saturated carbocycles. The molecule has 1 aliphatic heterocycles. The Hall–Kier alpha value is -1.66. The van der Waals surface area contributed by atoms with Crippen molar-refractivity contribution < 1.29 is 9.66 Å². The lowest BCUT2D eigenvalue weighted by molar-refractivity contribution is -0.384. The van der Waals surface area contributed by atoms with Crippen molar-refractivity contribution in [1.82, 2.24) is 10.4 Å². The summed E-state index contributed by atoms with van der Waals surface area (Å²) >= 11 is 0. The van der Waals surface area contributed by atoms with Crippen LogP contribution >= 0.6 is 0 Å². The molecule has 2 unspecified atom stereocenters. The van der Waals surface area contributed by atoms with E-state index in [1.165, 1.54) is 31.4 Å². The fraction of sp³-hybridized carbons (Fsp3) is 0.600. The number of nitrogens with zero attached hydrogens (tertiary/aromatic N) is 2. The number of nitro groups is 1. The number of ether oxygens (including phenoxy) is 1. The van der Waals surface area contributed by atoms with Crippen molar-refractivity contribution in [1.29, 1.82) is 0 Å². The highest BCUT2D eigenvalue weighted by atomic mass is 16.6. The van der Waals surface area contributed by atoms with Crippen LogP contribution in [0.1, 0.15) is 33.1 Å². The predicted octanol–water partition coefficient (Wildman–Crippen LogP) is 2.74. The zero-order valence-electron chi connectivity index (χ0n) is 12.6. The summed E-state index contributed by atoms with van der Waals surface area (Å²) in [5, 5.41) is 12.9. The van der Waals surface area contributed by atoms with Crippen LogP contribution in [0, 0.1) is 10.1 Å². The van der Waals surface area contributed by atoms with Gasteiger partial charge in [0.05, 0.1) is 4.92 Å². The highest BCUT2D eigenvalue weighted by Gasteiger charge is 2.23. The van der Waals surface area contributed by atoms with Gasteiger partial charge in [0.1, 0.15) is 12.4 Å². The summed E-state index contributed by atoms with van der Waals surface area (Å²) in [6.07, 6.45) is 3.74. The van der Waals surface area contributed by atoms with Crippen molar-refractivity contribution in [3.05, 3.63) is 34.4 Å². The Morgan fingerprint density at radius 3 is 2.48 bits per heavy atom. The molecular formula is C15H23N3O3. The molecule has 1 heterocycles. The van der Waals surface area contributed by atoms with Crippen LogP contribution in [-0.2, 0) is 0 Å². The van der Waals surface area contributed by atoms with E-state index in [9.17, 15) is 10.1 Å². The molecular weight excluding hydrogens is 270 g/mol. The van der Waals surface area contributed by atoms with Crippen molar-refractivity contribution in [2.75, 3.05) is 13.2 Å². The lowest BCUT2D eigenvalue weighted by Gasteiger charge is -2.39. The summed E-state index contributed by atoms with van der Waals surface area (Å²) in [6.45, 7) is 5.74. The average molecular weight is 293 g/mol. The molecule has 0 aromatic heterocycles. The Balaban J connectivity index is 1.73. The molecule has 2 atom stereocenters. The lowest BCUT2D eigenvalue weighted by Crippen LogP contribution is -2.52. The second-order valence-corrected chi connectivity index (χ2v) is 5.54. The molecule has 116 valence electrons. The number of nitro benzene ring substituents is 1. The van der Waals surface area contributed by atoms with Crippen LogP contribution in [-0.4, -0.2) is 35.2 Å². The van der Waals surface area contributed by atoms with E-state index >= 15 is 0 Å². The minimum atomic E-state index is -0.412. The van der Waals surface area contributed by atoms with Gasteiger partial charge in [-0.1, -0.05) is 6.42 Å². The molecule has 2 rings (SSSR count). The van der Waals surface area contributed by atoms with E-state index in [1.807, 2.05) is 0 Å². The highest BCUT2D eigenvalue weighted by molar-refractivity contribution is 5.35. The van der Waals surface area contributed by atoms with Gasteiger partial charge in [0.2, 0.25) is 0 Å². The van der Waals surface area contributed by atoms with Crippen LogP contribution < -0.4 is 10.2 Å². The lowest BCUT2D eigenvalue weighted by atomic mass is 10.00. The second kappa shape index (κ2) is 7.38. The van der Waals surface area contributed by atoms with Gasteiger partial charge in [-0.05, 0) is 38.8 Å². The maximum Gasteiger partial charge on any atom is 0.269 e. The van der Waals surface area contributed by atoms with Crippen molar-refractivity contribution in [3.8, 4) is 5.75 Å². The average Bonchev–Trinajstić information content (AvgIpc) is 2.46.